The highest BCUT2D eigenvalue weighted by atomic mass is 16.6. The Morgan fingerprint density at radius 3 is 2.42 bits per heavy atom. The highest BCUT2D eigenvalue weighted by molar-refractivity contribution is 5.91. The maximum absolute atomic E-state index is 13.8. The Labute approximate surface area is 222 Å². The van der Waals surface area contributed by atoms with E-state index in [1.807, 2.05) is 31.2 Å². The molecule has 9 nitrogen and oxygen atoms in total. The lowest BCUT2D eigenvalue weighted by molar-refractivity contribution is -0.386. The SMILES string of the molecule is COC(=O)C1CC(C(=O)NCc2ccc(C)cc2)N(C(=O)CCC2CCCC2)C1c1ccccc1[N+](=O)[O-]. The average Bonchev–Trinajstić information content (AvgIpc) is 3.59. The number of ether oxygens (including phenoxy) is 1. The van der Waals surface area contributed by atoms with Gasteiger partial charge in [0.15, 0.2) is 0 Å². The van der Waals surface area contributed by atoms with Crippen molar-refractivity contribution in [3.8, 4) is 0 Å². The quantitative estimate of drug-likeness (QED) is 0.292. The minimum atomic E-state index is -0.977. The molecule has 2 fully saturated rings. The van der Waals surface area contributed by atoms with Crippen molar-refractivity contribution >= 4 is 23.5 Å². The van der Waals surface area contributed by atoms with Gasteiger partial charge in [0.25, 0.3) is 5.69 Å². The minimum absolute atomic E-state index is 0.0261. The Hall–Kier alpha value is -3.75. The monoisotopic (exact) mass is 521 g/mol. The molecular formula is C29H35N3O6. The van der Waals surface area contributed by atoms with Crippen LogP contribution in [0, 0.1) is 28.9 Å². The van der Waals surface area contributed by atoms with Crippen molar-refractivity contribution in [3.05, 3.63) is 75.3 Å². The summed E-state index contributed by atoms with van der Waals surface area (Å²) in [4.78, 5) is 53.0. The second kappa shape index (κ2) is 12.2. The third kappa shape index (κ3) is 6.03. The highest BCUT2D eigenvalue weighted by Crippen LogP contribution is 2.45. The number of methoxy groups -OCH3 is 1. The number of nitrogens with zero attached hydrogens (tertiary/aromatic N) is 2. The molecular weight excluding hydrogens is 486 g/mol. The van der Waals surface area contributed by atoms with E-state index in [0.29, 0.717) is 12.3 Å². The molecule has 1 aliphatic heterocycles. The smallest absolute Gasteiger partial charge is 0.311 e. The molecule has 0 bridgehead atoms. The average molecular weight is 522 g/mol. The predicted octanol–water partition coefficient (Wildman–Crippen LogP) is 4.62. The van der Waals surface area contributed by atoms with Crippen LogP contribution in [0.15, 0.2) is 48.5 Å². The third-order valence-corrected chi connectivity index (χ3v) is 7.87. The Kier molecular flexibility index (Phi) is 8.76. The molecule has 1 saturated heterocycles. The normalized spacial score (nSPS) is 21.3. The molecule has 38 heavy (non-hydrogen) atoms. The summed E-state index contributed by atoms with van der Waals surface area (Å²) < 4.78 is 5.05. The van der Waals surface area contributed by atoms with Crippen molar-refractivity contribution in [1.29, 1.82) is 0 Å². The van der Waals surface area contributed by atoms with Gasteiger partial charge in [-0.05, 0) is 31.2 Å². The molecule has 2 aromatic carbocycles. The van der Waals surface area contributed by atoms with Gasteiger partial charge < -0.3 is 15.0 Å². The van der Waals surface area contributed by atoms with E-state index in [4.69, 9.17) is 4.74 Å². The number of nitro benzene ring substituents is 1. The van der Waals surface area contributed by atoms with Crippen molar-refractivity contribution in [2.45, 2.75) is 70.5 Å². The molecule has 2 amide bonds. The number of para-hydroxylation sites is 1. The van der Waals surface area contributed by atoms with E-state index in [2.05, 4.69) is 5.32 Å². The lowest BCUT2D eigenvalue weighted by Crippen LogP contribution is -2.46. The van der Waals surface area contributed by atoms with Gasteiger partial charge in [0.1, 0.15) is 6.04 Å². The Morgan fingerprint density at radius 1 is 1.08 bits per heavy atom. The molecule has 0 radical (unpaired) electrons. The van der Waals surface area contributed by atoms with Crippen LogP contribution in [0.4, 0.5) is 5.69 Å². The van der Waals surface area contributed by atoms with Gasteiger partial charge in [0.05, 0.1) is 29.6 Å². The zero-order valence-corrected chi connectivity index (χ0v) is 21.9. The van der Waals surface area contributed by atoms with Crippen molar-refractivity contribution in [1.82, 2.24) is 10.2 Å². The maximum Gasteiger partial charge on any atom is 0.311 e. The number of carbonyl (C=O) groups excluding carboxylic acids is 3. The number of rotatable bonds is 9. The summed E-state index contributed by atoms with van der Waals surface area (Å²) in [7, 11) is 1.25. The molecule has 4 rings (SSSR count). The van der Waals surface area contributed by atoms with E-state index < -0.39 is 34.8 Å². The molecule has 0 spiro atoms. The maximum atomic E-state index is 13.8. The number of carbonyl (C=O) groups is 3. The van der Waals surface area contributed by atoms with Crippen LogP contribution in [0.2, 0.25) is 0 Å². The molecule has 1 N–H and O–H groups in total. The van der Waals surface area contributed by atoms with Gasteiger partial charge >= 0.3 is 5.97 Å². The Bertz CT molecular complexity index is 1180. The van der Waals surface area contributed by atoms with Crippen LogP contribution in [-0.2, 0) is 25.7 Å². The molecule has 1 aliphatic carbocycles. The van der Waals surface area contributed by atoms with E-state index in [1.165, 1.54) is 18.1 Å². The standard InChI is InChI=1S/C29H35N3O6/c1-19-11-13-21(14-12-19)18-30-28(34)25-17-23(29(35)38-2)27(22-9-5-6-10-24(22)32(36)37)31(25)26(33)16-15-20-7-3-4-8-20/h5-6,9-14,20,23,25,27H,3-4,7-8,15-18H2,1-2H3,(H,30,34). The number of nitrogens with one attached hydrogen (secondary N) is 1. The molecule has 2 aromatic rings. The summed E-state index contributed by atoms with van der Waals surface area (Å²) in [6.45, 7) is 2.24. The van der Waals surface area contributed by atoms with Crippen molar-refractivity contribution < 1.29 is 24.0 Å². The zero-order valence-electron chi connectivity index (χ0n) is 21.9. The third-order valence-electron chi connectivity index (χ3n) is 7.87. The van der Waals surface area contributed by atoms with Gasteiger partial charge in [0, 0.05) is 19.0 Å². The minimum Gasteiger partial charge on any atom is -0.469 e. The molecule has 0 aromatic heterocycles. The summed E-state index contributed by atoms with van der Waals surface area (Å²) in [6, 6.07) is 11.9. The number of amides is 2. The fraction of sp³-hybridized carbons (Fsp3) is 0.483. The molecule has 1 saturated carbocycles. The van der Waals surface area contributed by atoms with E-state index >= 15 is 0 Å². The Morgan fingerprint density at radius 2 is 1.76 bits per heavy atom. The topological polar surface area (TPSA) is 119 Å². The summed E-state index contributed by atoms with van der Waals surface area (Å²) in [6.07, 6.45) is 5.39. The van der Waals surface area contributed by atoms with Gasteiger partial charge in [-0.2, -0.15) is 0 Å². The first-order valence-electron chi connectivity index (χ1n) is 13.3. The highest BCUT2D eigenvalue weighted by Gasteiger charge is 2.52. The van der Waals surface area contributed by atoms with Crippen LogP contribution in [-0.4, -0.2) is 40.8 Å². The largest absolute Gasteiger partial charge is 0.469 e. The number of hydrogen-bond donors (Lipinski definition) is 1. The summed E-state index contributed by atoms with van der Waals surface area (Å²) in [5.74, 6) is -1.73. The Balaban J connectivity index is 1.66. The van der Waals surface area contributed by atoms with Crippen molar-refractivity contribution in [2.24, 2.45) is 11.8 Å². The predicted molar refractivity (Wildman–Crippen MR) is 141 cm³/mol. The van der Waals surface area contributed by atoms with E-state index in [-0.39, 0.29) is 36.5 Å². The molecule has 3 unspecified atom stereocenters. The number of aryl methyl sites for hydroxylation is 1. The van der Waals surface area contributed by atoms with Crippen molar-refractivity contribution in [2.75, 3.05) is 7.11 Å². The number of likely N-dealkylation sites (tertiary alicyclic amines) is 1. The number of hydrogen-bond acceptors (Lipinski definition) is 6. The second-order valence-corrected chi connectivity index (χ2v) is 10.3. The van der Waals surface area contributed by atoms with Crippen LogP contribution in [0.5, 0.6) is 0 Å². The number of benzene rings is 2. The first-order chi connectivity index (χ1) is 18.3. The van der Waals surface area contributed by atoms with Crippen molar-refractivity contribution in [3.63, 3.8) is 0 Å². The fourth-order valence-corrected chi connectivity index (χ4v) is 5.85. The summed E-state index contributed by atoms with van der Waals surface area (Å²) in [5.41, 5.74) is 2.04. The lowest BCUT2D eigenvalue weighted by Gasteiger charge is -2.31. The van der Waals surface area contributed by atoms with Crippen LogP contribution in [0.25, 0.3) is 0 Å². The first kappa shape index (κ1) is 27.3. The number of nitro groups is 1. The lowest BCUT2D eigenvalue weighted by atomic mass is 9.91. The molecule has 2 aliphatic rings. The van der Waals surface area contributed by atoms with Crippen LogP contribution >= 0.6 is 0 Å². The summed E-state index contributed by atoms with van der Waals surface area (Å²) in [5, 5.41) is 14.8. The second-order valence-electron chi connectivity index (χ2n) is 10.3. The van der Waals surface area contributed by atoms with E-state index in [1.54, 1.807) is 18.2 Å². The van der Waals surface area contributed by atoms with Gasteiger partial charge in [-0.1, -0.05) is 73.7 Å². The van der Waals surface area contributed by atoms with E-state index in [9.17, 15) is 24.5 Å². The number of esters is 1. The zero-order chi connectivity index (χ0) is 27.2. The molecule has 3 atom stereocenters. The molecule has 202 valence electrons. The van der Waals surface area contributed by atoms with Gasteiger partial charge in [0.2, 0.25) is 11.8 Å². The summed E-state index contributed by atoms with van der Waals surface area (Å²) >= 11 is 0. The van der Waals surface area contributed by atoms with Gasteiger partial charge in [-0.3, -0.25) is 24.5 Å². The van der Waals surface area contributed by atoms with E-state index in [0.717, 1.165) is 36.8 Å². The van der Waals surface area contributed by atoms with Crippen LogP contribution in [0.1, 0.15) is 67.7 Å². The van der Waals surface area contributed by atoms with Crippen LogP contribution < -0.4 is 5.32 Å². The molecule has 1 heterocycles. The van der Waals surface area contributed by atoms with Crippen LogP contribution in [0.3, 0.4) is 0 Å². The molecule has 9 heteroatoms. The fourth-order valence-electron chi connectivity index (χ4n) is 5.85. The van der Waals surface area contributed by atoms with Gasteiger partial charge in [-0.25, -0.2) is 0 Å². The first-order valence-corrected chi connectivity index (χ1v) is 13.3. The van der Waals surface area contributed by atoms with Gasteiger partial charge in [-0.15, -0.1) is 0 Å².